The van der Waals surface area contributed by atoms with Gasteiger partial charge in [0.05, 0.1) is 12.6 Å². The van der Waals surface area contributed by atoms with E-state index in [-0.39, 0.29) is 23.8 Å². The number of amides is 3. The van der Waals surface area contributed by atoms with Crippen LogP contribution in [0.5, 0.6) is 5.75 Å². The first-order valence-corrected chi connectivity index (χ1v) is 14.3. The van der Waals surface area contributed by atoms with Crippen LogP contribution in [0.2, 0.25) is 0 Å². The van der Waals surface area contributed by atoms with Crippen LogP contribution >= 0.6 is 0 Å². The Balaban J connectivity index is 1.60. The molecule has 0 aliphatic heterocycles. The zero-order valence-electron chi connectivity index (χ0n) is 24.1. The standard InChI is InChI=1S/C32H36N6O4/c1-21(38-29-12-8-7-11-28(29)35-36-38)32(41)37(26-17-15-25(16-18-26)33-22(2)39)30(23-13-19-27(42-3)20-14-23)31(40)34-24-9-5-4-6-10-24/h7-8,11-21,24,30H,4-6,9-10H2,1-3H3,(H,33,39)(H,34,40)/t21-,30+/m0/s1. The molecule has 0 bridgehead atoms. The van der Waals surface area contributed by atoms with Gasteiger partial charge in [0, 0.05) is 24.3 Å². The zero-order valence-corrected chi connectivity index (χ0v) is 24.1. The lowest BCUT2D eigenvalue weighted by Crippen LogP contribution is -2.48. The van der Waals surface area contributed by atoms with E-state index in [4.69, 9.17) is 4.74 Å². The van der Waals surface area contributed by atoms with Crippen LogP contribution in [0.1, 0.15) is 63.6 Å². The van der Waals surface area contributed by atoms with E-state index < -0.39 is 12.1 Å². The maximum Gasteiger partial charge on any atom is 0.252 e. The van der Waals surface area contributed by atoms with Crippen molar-refractivity contribution in [2.75, 3.05) is 17.3 Å². The van der Waals surface area contributed by atoms with E-state index in [0.29, 0.717) is 33.7 Å². The van der Waals surface area contributed by atoms with Gasteiger partial charge in [-0.05, 0) is 73.9 Å². The largest absolute Gasteiger partial charge is 0.497 e. The van der Waals surface area contributed by atoms with Crippen molar-refractivity contribution < 1.29 is 19.1 Å². The molecule has 0 unspecified atom stereocenters. The average Bonchev–Trinajstić information content (AvgIpc) is 3.44. The number of rotatable bonds is 9. The van der Waals surface area contributed by atoms with E-state index in [1.54, 1.807) is 55.1 Å². The molecule has 1 aromatic heterocycles. The SMILES string of the molecule is COc1ccc([C@H](C(=O)NC2CCCCC2)N(C(=O)[C@H](C)n2nnc3ccccc32)c2ccc(NC(C)=O)cc2)cc1. The molecule has 10 nitrogen and oxygen atoms in total. The van der Waals surface area contributed by atoms with Gasteiger partial charge in [0.1, 0.15) is 23.3 Å². The van der Waals surface area contributed by atoms with Crippen molar-refractivity contribution in [1.82, 2.24) is 20.3 Å². The molecule has 3 aromatic carbocycles. The second-order valence-corrected chi connectivity index (χ2v) is 10.7. The van der Waals surface area contributed by atoms with Gasteiger partial charge in [0.25, 0.3) is 5.91 Å². The number of benzene rings is 3. The number of para-hydroxylation sites is 1. The number of anilines is 2. The molecule has 2 atom stereocenters. The Bertz CT molecular complexity index is 1540. The average molecular weight is 569 g/mol. The van der Waals surface area contributed by atoms with E-state index in [1.807, 2.05) is 36.4 Å². The summed E-state index contributed by atoms with van der Waals surface area (Å²) in [7, 11) is 1.58. The van der Waals surface area contributed by atoms with E-state index >= 15 is 0 Å². The smallest absolute Gasteiger partial charge is 0.252 e. The van der Waals surface area contributed by atoms with E-state index in [2.05, 4.69) is 20.9 Å². The van der Waals surface area contributed by atoms with Crippen LogP contribution in [-0.4, -0.2) is 45.9 Å². The number of nitrogens with one attached hydrogen (secondary N) is 2. The lowest BCUT2D eigenvalue weighted by molar-refractivity contribution is -0.128. The molecule has 0 saturated heterocycles. The molecule has 0 radical (unpaired) electrons. The van der Waals surface area contributed by atoms with Gasteiger partial charge in [0.2, 0.25) is 11.8 Å². The molecule has 3 amide bonds. The first-order valence-electron chi connectivity index (χ1n) is 14.3. The second-order valence-electron chi connectivity index (χ2n) is 10.7. The Labute approximate surface area is 245 Å². The Kier molecular flexibility index (Phi) is 8.80. The minimum Gasteiger partial charge on any atom is -0.497 e. The van der Waals surface area contributed by atoms with Crippen LogP contribution < -0.4 is 20.3 Å². The minimum absolute atomic E-state index is 0.0442. The maximum absolute atomic E-state index is 14.5. The third kappa shape index (κ3) is 6.27. The van der Waals surface area contributed by atoms with Crippen molar-refractivity contribution in [2.24, 2.45) is 0 Å². The van der Waals surface area contributed by atoms with Crippen molar-refractivity contribution in [3.8, 4) is 5.75 Å². The number of carbonyl (C=O) groups is 3. The van der Waals surface area contributed by atoms with Crippen molar-refractivity contribution in [3.63, 3.8) is 0 Å². The summed E-state index contributed by atoms with van der Waals surface area (Å²) in [5, 5.41) is 14.5. The molecule has 1 fully saturated rings. The summed E-state index contributed by atoms with van der Waals surface area (Å²) in [6, 6.07) is 19.8. The molecular formula is C32H36N6O4. The van der Waals surface area contributed by atoms with Gasteiger partial charge in [-0.1, -0.05) is 48.7 Å². The number of nitrogens with zero attached hydrogens (tertiary/aromatic N) is 4. The van der Waals surface area contributed by atoms with Crippen molar-refractivity contribution >= 4 is 40.1 Å². The summed E-state index contributed by atoms with van der Waals surface area (Å²) in [6.07, 6.45) is 5.08. The lowest BCUT2D eigenvalue weighted by Gasteiger charge is -2.35. The fraction of sp³-hybridized carbons (Fsp3) is 0.344. The van der Waals surface area contributed by atoms with E-state index in [9.17, 15) is 14.4 Å². The molecule has 10 heteroatoms. The summed E-state index contributed by atoms with van der Waals surface area (Å²) in [6.45, 7) is 3.19. The Morgan fingerprint density at radius 2 is 1.64 bits per heavy atom. The molecule has 218 valence electrons. The molecule has 2 N–H and O–H groups in total. The third-order valence-electron chi connectivity index (χ3n) is 7.69. The fourth-order valence-electron chi connectivity index (χ4n) is 5.52. The van der Waals surface area contributed by atoms with E-state index in [0.717, 1.165) is 32.1 Å². The minimum atomic E-state index is -0.978. The number of ether oxygens (including phenoxy) is 1. The van der Waals surface area contributed by atoms with Gasteiger partial charge in [-0.2, -0.15) is 0 Å². The summed E-state index contributed by atoms with van der Waals surface area (Å²) in [5.41, 5.74) is 3.11. The van der Waals surface area contributed by atoms with Crippen LogP contribution in [0.15, 0.2) is 72.8 Å². The predicted molar refractivity (Wildman–Crippen MR) is 161 cm³/mol. The Morgan fingerprint density at radius 1 is 0.952 bits per heavy atom. The molecule has 1 saturated carbocycles. The summed E-state index contributed by atoms with van der Waals surface area (Å²) >= 11 is 0. The first-order chi connectivity index (χ1) is 20.4. The molecule has 0 spiro atoms. The summed E-state index contributed by atoms with van der Waals surface area (Å²) < 4.78 is 6.95. The van der Waals surface area contributed by atoms with Crippen LogP contribution in [0, 0.1) is 0 Å². The monoisotopic (exact) mass is 568 g/mol. The quantitative estimate of drug-likeness (QED) is 0.287. The third-order valence-corrected chi connectivity index (χ3v) is 7.69. The number of methoxy groups -OCH3 is 1. The highest BCUT2D eigenvalue weighted by Crippen LogP contribution is 2.33. The second kappa shape index (κ2) is 12.8. The molecule has 1 aliphatic rings. The van der Waals surface area contributed by atoms with Gasteiger partial charge < -0.3 is 15.4 Å². The summed E-state index contributed by atoms with van der Waals surface area (Å²) in [5.74, 6) is -0.157. The lowest BCUT2D eigenvalue weighted by atomic mass is 9.94. The fourth-order valence-corrected chi connectivity index (χ4v) is 5.52. The van der Waals surface area contributed by atoms with Crippen LogP contribution in [0.4, 0.5) is 11.4 Å². The van der Waals surface area contributed by atoms with Gasteiger partial charge in [-0.15, -0.1) is 5.10 Å². The van der Waals surface area contributed by atoms with Gasteiger partial charge in [-0.25, -0.2) is 4.68 Å². The van der Waals surface area contributed by atoms with Crippen LogP contribution in [0.25, 0.3) is 11.0 Å². The summed E-state index contributed by atoms with van der Waals surface area (Å²) in [4.78, 5) is 41.9. The maximum atomic E-state index is 14.5. The normalized spacial score (nSPS) is 15.0. The topological polar surface area (TPSA) is 118 Å². The molecule has 1 aliphatic carbocycles. The predicted octanol–water partition coefficient (Wildman–Crippen LogP) is 5.18. The highest BCUT2D eigenvalue weighted by atomic mass is 16.5. The van der Waals surface area contributed by atoms with Crippen molar-refractivity contribution in [2.45, 2.75) is 64.1 Å². The molecule has 42 heavy (non-hydrogen) atoms. The zero-order chi connectivity index (χ0) is 29.6. The van der Waals surface area contributed by atoms with E-state index in [1.165, 1.54) is 11.8 Å². The van der Waals surface area contributed by atoms with Crippen molar-refractivity contribution in [1.29, 1.82) is 0 Å². The number of aromatic nitrogens is 3. The number of hydrogen-bond donors (Lipinski definition) is 2. The molecule has 1 heterocycles. The van der Waals surface area contributed by atoms with Gasteiger partial charge >= 0.3 is 0 Å². The number of carbonyl (C=O) groups excluding carboxylic acids is 3. The Morgan fingerprint density at radius 3 is 2.31 bits per heavy atom. The number of hydrogen-bond acceptors (Lipinski definition) is 6. The molecule has 5 rings (SSSR count). The van der Waals surface area contributed by atoms with Crippen LogP contribution in [-0.2, 0) is 14.4 Å². The number of fused-ring (bicyclic) bond motifs is 1. The highest BCUT2D eigenvalue weighted by molar-refractivity contribution is 6.03. The van der Waals surface area contributed by atoms with Gasteiger partial charge in [0.15, 0.2) is 0 Å². The molecule has 4 aromatic rings. The van der Waals surface area contributed by atoms with Gasteiger partial charge in [-0.3, -0.25) is 19.3 Å². The first kappa shape index (κ1) is 28.8. The highest BCUT2D eigenvalue weighted by Gasteiger charge is 2.37. The van der Waals surface area contributed by atoms with Crippen LogP contribution in [0.3, 0.4) is 0 Å². The Hall–Kier alpha value is -4.73. The molecular weight excluding hydrogens is 532 g/mol. The van der Waals surface area contributed by atoms with Crippen molar-refractivity contribution in [3.05, 3.63) is 78.4 Å².